The van der Waals surface area contributed by atoms with Gasteiger partial charge in [-0.3, -0.25) is 14.5 Å². The molecule has 1 unspecified atom stereocenters. The van der Waals surface area contributed by atoms with Gasteiger partial charge < -0.3 is 5.32 Å². The van der Waals surface area contributed by atoms with Gasteiger partial charge in [0.05, 0.1) is 17.0 Å². The Bertz CT molecular complexity index is 1270. The first-order chi connectivity index (χ1) is 15.1. The topological polar surface area (TPSA) is 85.6 Å². The van der Waals surface area contributed by atoms with Crippen LogP contribution < -0.4 is 5.32 Å². The first-order valence-corrected chi connectivity index (χ1v) is 11.1. The average molecular weight is 477 g/mol. The van der Waals surface area contributed by atoms with Crippen molar-refractivity contribution >= 4 is 38.7 Å². The maximum Gasteiger partial charge on any atom is 0.225 e. The summed E-state index contributed by atoms with van der Waals surface area (Å²) < 4.78 is 2.84. The van der Waals surface area contributed by atoms with E-state index in [9.17, 15) is 4.79 Å². The predicted molar refractivity (Wildman–Crippen MR) is 122 cm³/mol. The van der Waals surface area contributed by atoms with E-state index in [2.05, 4.69) is 43.2 Å². The zero-order valence-electron chi connectivity index (χ0n) is 17.0. The third-order valence-electron chi connectivity index (χ3n) is 5.46. The fraction of sp³-hybridized carbons (Fsp3) is 0.261. The van der Waals surface area contributed by atoms with Crippen LogP contribution in [0.2, 0.25) is 0 Å². The summed E-state index contributed by atoms with van der Waals surface area (Å²) in [5.74, 6) is 0.190. The monoisotopic (exact) mass is 476 g/mol. The molecule has 156 valence electrons. The molecule has 0 bridgehead atoms. The molecule has 3 heterocycles. The lowest BCUT2D eigenvalue weighted by molar-refractivity contribution is -0.118. The van der Waals surface area contributed by atoms with Crippen molar-refractivity contribution in [2.24, 2.45) is 0 Å². The van der Waals surface area contributed by atoms with E-state index in [4.69, 9.17) is 4.98 Å². The fourth-order valence-corrected chi connectivity index (χ4v) is 4.44. The van der Waals surface area contributed by atoms with Gasteiger partial charge in [-0.15, -0.1) is 0 Å². The molecule has 1 aromatic carbocycles. The van der Waals surface area contributed by atoms with E-state index >= 15 is 0 Å². The van der Waals surface area contributed by atoms with Gasteiger partial charge in [0.1, 0.15) is 0 Å². The molecule has 8 heteroatoms. The first-order valence-electron chi connectivity index (χ1n) is 10.3. The van der Waals surface area contributed by atoms with Crippen LogP contribution in [0, 0.1) is 0 Å². The summed E-state index contributed by atoms with van der Waals surface area (Å²) in [7, 11) is 0. The van der Waals surface area contributed by atoms with Crippen molar-refractivity contribution in [3.8, 4) is 0 Å². The highest BCUT2D eigenvalue weighted by molar-refractivity contribution is 9.10. The smallest absolute Gasteiger partial charge is 0.225 e. The lowest BCUT2D eigenvalue weighted by atomic mass is 9.95. The summed E-state index contributed by atoms with van der Waals surface area (Å²) in [6.07, 6.45) is 6.88. The minimum Gasteiger partial charge on any atom is -0.350 e. The van der Waals surface area contributed by atoms with Crippen molar-refractivity contribution in [2.75, 3.05) is 5.32 Å². The van der Waals surface area contributed by atoms with Crippen LogP contribution in [0.3, 0.4) is 0 Å². The van der Waals surface area contributed by atoms with Gasteiger partial charge >= 0.3 is 0 Å². The second kappa shape index (κ2) is 8.19. The van der Waals surface area contributed by atoms with E-state index in [-0.39, 0.29) is 5.78 Å². The van der Waals surface area contributed by atoms with Crippen LogP contribution in [0.4, 0.5) is 5.95 Å². The minimum absolute atomic E-state index is 0.148. The first kappa shape index (κ1) is 19.8. The molecule has 5 rings (SSSR count). The molecule has 31 heavy (non-hydrogen) atoms. The molecule has 0 amide bonds. The lowest BCUT2D eigenvalue weighted by Crippen LogP contribution is -2.13. The van der Waals surface area contributed by atoms with Crippen molar-refractivity contribution in [3.63, 3.8) is 0 Å². The molecule has 3 aromatic heterocycles. The Morgan fingerprint density at radius 3 is 2.97 bits per heavy atom. The SMILES string of the molecule is CCCn1cc2c(C3C(=O)Cc4ccc(Br)cc43)nc(NCc3cccnc3)nc2n1. The van der Waals surface area contributed by atoms with Crippen LogP contribution >= 0.6 is 15.9 Å². The molecular weight excluding hydrogens is 456 g/mol. The summed E-state index contributed by atoms with van der Waals surface area (Å²) in [6.45, 7) is 3.43. The number of rotatable bonds is 6. The molecular formula is C23H21BrN6O. The Morgan fingerprint density at radius 1 is 1.26 bits per heavy atom. The molecule has 1 aliphatic rings. The van der Waals surface area contributed by atoms with Crippen molar-refractivity contribution in [2.45, 2.75) is 38.8 Å². The number of pyridine rings is 1. The third-order valence-corrected chi connectivity index (χ3v) is 5.95. The highest BCUT2D eigenvalue weighted by Gasteiger charge is 2.35. The summed E-state index contributed by atoms with van der Waals surface area (Å²) in [6, 6.07) is 9.90. The maximum absolute atomic E-state index is 13.1. The zero-order chi connectivity index (χ0) is 21.4. The molecule has 0 aliphatic heterocycles. The minimum atomic E-state index is -0.420. The normalized spacial score (nSPS) is 15.4. The average Bonchev–Trinajstić information content (AvgIpc) is 3.32. The maximum atomic E-state index is 13.1. The number of benzene rings is 1. The number of hydrogen-bond donors (Lipinski definition) is 1. The number of Topliss-reactive ketones (excluding diaryl/α,β-unsaturated/α-hetero) is 1. The number of fused-ring (bicyclic) bond motifs is 2. The quantitative estimate of drug-likeness (QED) is 0.447. The molecule has 0 radical (unpaired) electrons. The molecule has 1 aliphatic carbocycles. The van der Waals surface area contributed by atoms with Crippen LogP contribution in [0.5, 0.6) is 0 Å². The number of nitrogens with one attached hydrogen (secondary N) is 1. The number of aromatic nitrogens is 5. The van der Waals surface area contributed by atoms with Gasteiger partial charge in [-0.05, 0) is 41.3 Å². The van der Waals surface area contributed by atoms with Crippen molar-refractivity contribution in [3.05, 3.63) is 75.8 Å². The van der Waals surface area contributed by atoms with Crippen molar-refractivity contribution < 1.29 is 4.79 Å². The Kier molecular flexibility index (Phi) is 5.23. The fourth-order valence-electron chi connectivity index (χ4n) is 4.06. The molecule has 4 aromatic rings. The van der Waals surface area contributed by atoms with Crippen LogP contribution in [0.25, 0.3) is 11.0 Å². The Balaban J connectivity index is 1.60. The van der Waals surface area contributed by atoms with E-state index in [0.717, 1.165) is 39.5 Å². The number of carbonyl (C=O) groups excluding carboxylic acids is 1. The van der Waals surface area contributed by atoms with Gasteiger partial charge in [0.25, 0.3) is 0 Å². The highest BCUT2D eigenvalue weighted by Crippen LogP contribution is 2.39. The summed E-state index contributed by atoms with van der Waals surface area (Å²) in [5, 5.41) is 8.74. The number of carbonyl (C=O) groups is 1. The van der Waals surface area contributed by atoms with E-state index < -0.39 is 5.92 Å². The zero-order valence-corrected chi connectivity index (χ0v) is 18.6. The van der Waals surface area contributed by atoms with E-state index in [0.29, 0.717) is 30.3 Å². The number of nitrogens with zero attached hydrogens (tertiary/aromatic N) is 5. The van der Waals surface area contributed by atoms with Gasteiger partial charge in [-0.2, -0.15) is 10.1 Å². The van der Waals surface area contributed by atoms with Gasteiger partial charge in [0.2, 0.25) is 5.95 Å². The van der Waals surface area contributed by atoms with E-state index in [1.807, 2.05) is 41.2 Å². The largest absolute Gasteiger partial charge is 0.350 e. The van der Waals surface area contributed by atoms with Crippen molar-refractivity contribution in [1.82, 2.24) is 24.7 Å². The molecule has 0 fully saturated rings. The van der Waals surface area contributed by atoms with Crippen LogP contribution in [0.15, 0.2) is 53.4 Å². The van der Waals surface area contributed by atoms with E-state index in [1.54, 1.807) is 12.4 Å². The van der Waals surface area contributed by atoms with Gasteiger partial charge in [0, 0.05) is 42.6 Å². The van der Waals surface area contributed by atoms with Crippen LogP contribution in [-0.4, -0.2) is 30.5 Å². The van der Waals surface area contributed by atoms with Gasteiger partial charge in [0.15, 0.2) is 11.4 Å². The third kappa shape index (κ3) is 3.83. The molecule has 7 nitrogen and oxygen atoms in total. The second-order valence-corrected chi connectivity index (χ2v) is 8.61. The molecule has 0 saturated heterocycles. The Hall–Kier alpha value is -3.13. The molecule has 0 saturated carbocycles. The summed E-state index contributed by atoms with van der Waals surface area (Å²) >= 11 is 3.55. The molecule has 0 spiro atoms. The standard InChI is InChI=1S/C23H21BrN6O/c1-2-8-30-13-18-21(20-17-10-16(24)6-5-15(17)9-19(20)31)27-23(28-22(18)29-30)26-12-14-4-3-7-25-11-14/h3-7,10-11,13,20H,2,8-9,12H2,1H3,(H,26,28,29). The lowest BCUT2D eigenvalue weighted by Gasteiger charge is -2.13. The van der Waals surface area contributed by atoms with Crippen LogP contribution in [0.1, 0.15) is 41.6 Å². The predicted octanol–water partition coefficient (Wildman–Crippen LogP) is 4.26. The second-order valence-electron chi connectivity index (χ2n) is 7.70. The molecule has 1 N–H and O–H groups in total. The summed E-state index contributed by atoms with van der Waals surface area (Å²) in [4.78, 5) is 26.7. The number of halogens is 1. The Labute approximate surface area is 188 Å². The van der Waals surface area contributed by atoms with Crippen LogP contribution in [-0.2, 0) is 24.3 Å². The van der Waals surface area contributed by atoms with Gasteiger partial charge in [-0.1, -0.05) is 35.0 Å². The number of aryl methyl sites for hydroxylation is 1. The van der Waals surface area contributed by atoms with Crippen molar-refractivity contribution in [1.29, 1.82) is 0 Å². The molecule has 1 atom stereocenters. The van der Waals surface area contributed by atoms with E-state index in [1.165, 1.54) is 0 Å². The number of anilines is 1. The number of hydrogen-bond acceptors (Lipinski definition) is 6. The summed E-state index contributed by atoms with van der Waals surface area (Å²) in [5.41, 5.74) is 4.39. The van der Waals surface area contributed by atoms with Gasteiger partial charge in [-0.25, -0.2) is 4.98 Å². The Morgan fingerprint density at radius 2 is 2.16 bits per heavy atom. The highest BCUT2D eigenvalue weighted by atomic mass is 79.9. The number of ketones is 1.